The van der Waals surface area contributed by atoms with Crippen LogP contribution in [-0.2, 0) is 13.6 Å². The SMILES string of the molecule is COc1ccc(-c2ncc3c(=O)n(Cc4ccccn4)c(=O)n(C)c3n2)cc1. The van der Waals surface area contributed by atoms with Crippen LogP contribution in [0.1, 0.15) is 5.69 Å². The van der Waals surface area contributed by atoms with Crippen molar-refractivity contribution in [2.75, 3.05) is 7.11 Å². The Morgan fingerprint density at radius 2 is 1.82 bits per heavy atom. The van der Waals surface area contributed by atoms with E-state index in [2.05, 4.69) is 15.0 Å². The van der Waals surface area contributed by atoms with E-state index in [1.54, 1.807) is 44.6 Å². The van der Waals surface area contributed by atoms with Gasteiger partial charge >= 0.3 is 5.69 Å². The number of aromatic nitrogens is 5. The van der Waals surface area contributed by atoms with E-state index in [9.17, 15) is 9.59 Å². The zero-order chi connectivity index (χ0) is 19.7. The van der Waals surface area contributed by atoms with Crippen LogP contribution in [0.2, 0.25) is 0 Å². The summed E-state index contributed by atoms with van der Waals surface area (Å²) in [6, 6.07) is 12.6. The molecule has 0 saturated heterocycles. The van der Waals surface area contributed by atoms with Crippen molar-refractivity contribution in [1.29, 1.82) is 0 Å². The monoisotopic (exact) mass is 375 g/mol. The first-order chi connectivity index (χ1) is 13.6. The Kier molecular flexibility index (Phi) is 4.44. The summed E-state index contributed by atoms with van der Waals surface area (Å²) >= 11 is 0. The van der Waals surface area contributed by atoms with Crippen LogP contribution >= 0.6 is 0 Å². The van der Waals surface area contributed by atoms with Crippen LogP contribution in [0.3, 0.4) is 0 Å². The predicted molar refractivity (Wildman–Crippen MR) is 104 cm³/mol. The van der Waals surface area contributed by atoms with Crippen LogP contribution in [0.5, 0.6) is 5.75 Å². The highest BCUT2D eigenvalue weighted by Gasteiger charge is 2.14. The predicted octanol–water partition coefficient (Wildman–Crippen LogP) is 1.61. The van der Waals surface area contributed by atoms with Gasteiger partial charge in [-0.05, 0) is 36.4 Å². The first kappa shape index (κ1) is 17.6. The minimum absolute atomic E-state index is 0.0858. The fourth-order valence-corrected chi connectivity index (χ4v) is 2.96. The zero-order valence-corrected chi connectivity index (χ0v) is 15.4. The van der Waals surface area contributed by atoms with Crippen LogP contribution < -0.4 is 16.0 Å². The Balaban J connectivity index is 1.84. The van der Waals surface area contributed by atoms with Crippen LogP contribution in [0, 0.1) is 0 Å². The zero-order valence-electron chi connectivity index (χ0n) is 15.4. The molecule has 0 amide bonds. The van der Waals surface area contributed by atoms with Gasteiger partial charge in [0.25, 0.3) is 5.56 Å². The first-order valence-electron chi connectivity index (χ1n) is 8.59. The summed E-state index contributed by atoms with van der Waals surface area (Å²) in [5.74, 6) is 1.14. The molecule has 0 radical (unpaired) electrons. The van der Waals surface area contributed by atoms with Gasteiger partial charge in [0.05, 0.1) is 19.3 Å². The lowest BCUT2D eigenvalue weighted by molar-refractivity contribution is 0.415. The average molecular weight is 375 g/mol. The Morgan fingerprint density at radius 1 is 1.04 bits per heavy atom. The van der Waals surface area contributed by atoms with Crippen LogP contribution in [0.4, 0.5) is 0 Å². The van der Waals surface area contributed by atoms with Gasteiger partial charge in [-0.15, -0.1) is 0 Å². The molecule has 8 nitrogen and oxygen atoms in total. The first-order valence-corrected chi connectivity index (χ1v) is 8.59. The highest BCUT2D eigenvalue weighted by Crippen LogP contribution is 2.20. The van der Waals surface area contributed by atoms with Gasteiger partial charge in [-0.25, -0.2) is 14.8 Å². The smallest absolute Gasteiger partial charge is 0.332 e. The number of nitrogens with zero attached hydrogens (tertiary/aromatic N) is 5. The highest BCUT2D eigenvalue weighted by atomic mass is 16.5. The molecule has 0 N–H and O–H groups in total. The molecule has 1 aromatic carbocycles. The second-order valence-electron chi connectivity index (χ2n) is 6.21. The van der Waals surface area contributed by atoms with Crippen molar-refractivity contribution >= 4 is 11.0 Å². The largest absolute Gasteiger partial charge is 0.497 e. The highest BCUT2D eigenvalue weighted by molar-refractivity contribution is 5.75. The van der Waals surface area contributed by atoms with Gasteiger partial charge in [0.15, 0.2) is 11.5 Å². The molecule has 4 rings (SSSR count). The third-order valence-corrected chi connectivity index (χ3v) is 4.47. The third-order valence-electron chi connectivity index (χ3n) is 4.47. The fourth-order valence-electron chi connectivity index (χ4n) is 2.96. The molecule has 8 heteroatoms. The number of benzene rings is 1. The maximum Gasteiger partial charge on any atom is 0.332 e. The Labute approximate surface area is 159 Å². The lowest BCUT2D eigenvalue weighted by Crippen LogP contribution is -2.39. The summed E-state index contributed by atoms with van der Waals surface area (Å²) in [4.78, 5) is 38.6. The quantitative estimate of drug-likeness (QED) is 0.538. The number of aryl methyl sites for hydroxylation is 1. The number of methoxy groups -OCH3 is 1. The molecular formula is C20H17N5O3. The summed E-state index contributed by atoms with van der Waals surface area (Å²) in [6.07, 6.45) is 3.08. The Bertz CT molecular complexity index is 1260. The summed E-state index contributed by atoms with van der Waals surface area (Å²) in [5, 5.41) is 0.273. The van der Waals surface area contributed by atoms with Gasteiger partial charge in [-0.1, -0.05) is 6.07 Å². The molecule has 0 fully saturated rings. The van der Waals surface area contributed by atoms with Gasteiger partial charge in [0.1, 0.15) is 11.1 Å². The molecule has 4 aromatic rings. The molecule has 140 valence electrons. The van der Waals surface area contributed by atoms with E-state index in [4.69, 9.17) is 4.74 Å². The topological polar surface area (TPSA) is 91.9 Å². The molecule has 0 aliphatic heterocycles. The van der Waals surface area contributed by atoms with E-state index in [-0.39, 0.29) is 17.6 Å². The van der Waals surface area contributed by atoms with Gasteiger partial charge < -0.3 is 4.74 Å². The molecule has 0 aliphatic rings. The lowest BCUT2D eigenvalue weighted by Gasteiger charge is -2.10. The molecule has 0 atom stereocenters. The molecule has 0 aliphatic carbocycles. The Hall–Kier alpha value is -3.81. The maximum absolute atomic E-state index is 12.9. The van der Waals surface area contributed by atoms with E-state index < -0.39 is 11.2 Å². The number of hydrogen-bond donors (Lipinski definition) is 0. The van der Waals surface area contributed by atoms with Gasteiger partial charge in [-0.2, -0.15) is 0 Å². The third kappa shape index (κ3) is 3.05. The summed E-state index contributed by atoms with van der Waals surface area (Å²) in [6.45, 7) is 0.0858. The minimum Gasteiger partial charge on any atom is -0.497 e. The van der Waals surface area contributed by atoms with Crippen LogP contribution in [0.15, 0.2) is 64.4 Å². The van der Waals surface area contributed by atoms with E-state index in [0.717, 1.165) is 10.1 Å². The molecule has 28 heavy (non-hydrogen) atoms. The number of hydrogen-bond acceptors (Lipinski definition) is 6. The maximum atomic E-state index is 12.9. The van der Waals surface area contributed by atoms with Crippen LogP contribution in [-0.4, -0.2) is 31.2 Å². The molecule has 0 bridgehead atoms. The average Bonchev–Trinajstić information content (AvgIpc) is 2.75. The second kappa shape index (κ2) is 7.07. The van der Waals surface area contributed by atoms with E-state index in [1.807, 2.05) is 18.2 Å². The summed E-state index contributed by atoms with van der Waals surface area (Å²) < 4.78 is 7.65. The van der Waals surface area contributed by atoms with Gasteiger partial charge in [0, 0.05) is 25.0 Å². The van der Waals surface area contributed by atoms with E-state index >= 15 is 0 Å². The second-order valence-corrected chi connectivity index (χ2v) is 6.21. The van der Waals surface area contributed by atoms with Crippen molar-refractivity contribution < 1.29 is 4.74 Å². The summed E-state index contributed by atoms with van der Waals surface area (Å²) in [7, 11) is 3.18. The number of pyridine rings is 1. The number of fused-ring (bicyclic) bond motifs is 1. The summed E-state index contributed by atoms with van der Waals surface area (Å²) in [5.41, 5.74) is 0.769. The molecule has 0 spiro atoms. The van der Waals surface area contributed by atoms with E-state index in [1.165, 1.54) is 10.8 Å². The normalized spacial score (nSPS) is 10.9. The standard InChI is InChI=1S/C20H17N5O3/c1-24-18-16(11-22-17(23-18)13-6-8-15(28-2)9-7-13)19(26)25(20(24)27)12-14-5-3-4-10-21-14/h3-11H,12H2,1-2H3. The number of ether oxygens (including phenoxy) is 1. The van der Waals surface area contributed by atoms with Crippen LogP contribution in [0.25, 0.3) is 22.4 Å². The molecule has 0 unspecified atom stereocenters. The van der Waals surface area contributed by atoms with Crippen molar-refractivity contribution in [1.82, 2.24) is 24.1 Å². The molecular weight excluding hydrogens is 358 g/mol. The van der Waals surface area contributed by atoms with Crippen molar-refractivity contribution in [3.05, 3.63) is 81.4 Å². The molecule has 3 heterocycles. The van der Waals surface area contributed by atoms with Crippen molar-refractivity contribution in [3.8, 4) is 17.1 Å². The minimum atomic E-state index is -0.456. The molecule has 0 saturated carbocycles. The Morgan fingerprint density at radius 3 is 2.50 bits per heavy atom. The van der Waals surface area contributed by atoms with Crippen molar-refractivity contribution in [2.24, 2.45) is 7.05 Å². The lowest BCUT2D eigenvalue weighted by atomic mass is 10.2. The van der Waals surface area contributed by atoms with Crippen molar-refractivity contribution in [2.45, 2.75) is 6.54 Å². The van der Waals surface area contributed by atoms with Crippen molar-refractivity contribution in [3.63, 3.8) is 0 Å². The number of rotatable bonds is 4. The molecule has 3 aromatic heterocycles. The van der Waals surface area contributed by atoms with E-state index in [0.29, 0.717) is 17.3 Å². The fraction of sp³-hybridized carbons (Fsp3) is 0.150. The van der Waals surface area contributed by atoms with Gasteiger partial charge in [-0.3, -0.25) is 18.9 Å². The van der Waals surface area contributed by atoms with Gasteiger partial charge in [0.2, 0.25) is 0 Å².